The van der Waals surface area contributed by atoms with Gasteiger partial charge in [-0.2, -0.15) is 4.31 Å². The molecule has 0 bridgehead atoms. The van der Waals surface area contributed by atoms with E-state index in [1.165, 1.54) is 23.5 Å². The van der Waals surface area contributed by atoms with Gasteiger partial charge in [-0.3, -0.25) is 0 Å². The normalized spacial score (nSPS) is 12.4. The molecule has 0 atom stereocenters. The van der Waals surface area contributed by atoms with Crippen molar-refractivity contribution in [2.75, 3.05) is 20.2 Å². The largest absolute Gasteiger partial charge is 0.377 e. The second-order valence-electron chi connectivity index (χ2n) is 4.75. The van der Waals surface area contributed by atoms with Crippen LogP contribution in [0.25, 0.3) is 0 Å². The molecule has 0 unspecified atom stereocenters. The van der Waals surface area contributed by atoms with E-state index in [2.05, 4.69) is 0 Å². The number of halogens is 3. The van der Waals surface area contributed by atoms with Crippen molar-refractivity contribution in [1.82, 2.24) is 4.31 Å². The Morgan fingerprint density at radius 2 is 1.86 bits per heavy atom. The maximum atomic E-state index is 12.5. The number of likely N-dealkylation sites (N-methyl/N-ethyl adjacent to an activating group) is 1. The maximum Gasteiger partial charge on any atom is 0.244 e. The molecule has 0 aromatic heterocycles. The molecule has 0 spiro atoms. The minimum atomic E-state index is -3.71. The van der Waals surface area contributed by atoms with Gasteiger partial charge in [0.15, 0.2) is 0 Å². The standard InChI is InChI=1S/C13H18Cl3NO3S/c1-9(2)20-5-4-17(3)21(18,19)13-6-10(8-14)11(15)7-12(13)16/h6-7,9H,4-5,8H2,1-3H3. The fraction of sp³-hybridized carbons (Fsp3) is 0.538. The fourth-order valence-corrected chi connectivity index (χ4v) is 3.86. The van der Waals surface area contributed by atoms with Crippen LogP contribution in [0.15, 0.2) is 17.0 Å². The second-order valence-corrected chi connectivity index (χ2v) is 7.85. The van der Waals surface area contributed by atoms with E-state index in [4.69, 9.17) is 39.5 Å². The van der Waals surface area contributed by atoms with Crippen LogP contribution in [0.5, 0.6) is 0 Å². The lowest BCUT2D eigenvalue weighted by molar-refractivity contribution is 0.0737. The summed E-state index contributed by atoms with van der Waals surface area (Å²) in [6.45, 7) is 4.31. The smallest absolute Gasteiger partial charge is 0.244 e. The van der Waals surface area contributed by atoms with Gasteiger partial charge in [0.25, 0.3) is 0 Å². The highest BCUT2D eigenvalue weighted by atomic mass is 35.5. The molecule has 1 rings (SSSR count). The Hall–Kier alpha value is -0.0400. The van der Waals surface area contributed by atoms with Crippen LogP contribution in [0.1, 0.15) is 19.4 Å². The van der Waals surface area contributed by atoms with E-state index in [1.807, 2.05) is 13.8 Å². The average molecular weight is 375 g/mol. The number of hydrogen-bond acceptors (Lipinski definition) is 3. The molecule has 1 aromatic rings. The molecule has 8 heteroatoms. The fourth-order valence-electron chi connectivity index (χ4n) is 1.58. The van der Waals surface area contributed by atoms with Gasteiger partial charge in [-0.25, -0.2) is 8.42 Å². The van der Waals surface area contributed by atoms with E-state index in [0.717, 1.165) is 0 Å². The zero-order chi connectivity index (χ0) is 16.2. The van der Waals surface area contributed by atoms with E-state index in [-0.39, 0.29) is 28.4 Å². The number of ether oxygens (including phenoxy) is 1. The molecule has 0 heterocycles. The van der Waals surface area contributed by atoms with Crippen LogP contribution in [0.3, 0.4) is 0 Å². The van der Waals surface area contributed by atoms with Crippen LogP contribution in [0, 0.1) is 0 Å². The van der Waals surface area contributed by atoms with Gasteiger partial charge in [0.1, 0.15) is 4.90 Å². The van der Waals surface area contributed by atoms with Crippen LogP contribution in [-0.2, 0) is 20.6 Å². The summed E-state index contributed by atoms with van der Waals surface area (Å²) >= 11 is 17.7. The van der Waals surface area contributed by atoms with E-state index in [0.29, 0.717) is 17.2 Å². The summed E-state index contributed by atoms with van der Waals surface area (Å²) in [6, 6.07) is 2.80. The van der Waals surface area contributed by atoms with Gasteiger partial charge in [-0.05, 0) is 31.5 Å². The first-order valence-corrected chi connectivity index (χ1v) is 9.05. The molecule has 0 N–H and O–H groups in total. The summed E-state index contributed by atoms with van der Waals surface area (Å²) in [4.78, 5) is -0.00346. The molecular weight excluding hydrogens is 357 g/mol. The minimum Gasteiger partial charge on any atom is -0.377 e. The van der Waals surface area contributed by atoms with Crippen molar-refractivity contribution in [2.24, 2.45) is 0 Å². The van der Waals surface area contributed by atoms with Gasteiger partial charge >= 0.3 is 0 Å². The van der Waals surface area contributed by atoms with Crippen LogP contribution in [-0.4, -0.2) is 39.0 Å². The number of alkyl halides is 1. The van der Waals surface area contributed by atoms with Crippen LogP contribution < -0.4 is 0 Å². The zero-order valence-corrected chi connectivity index (χ0v) is 15.2. The Morgan fingerprint density at radius 3 is 2.38 bits per heavy atom. The molecule has 1 aromatic carbocycles. The van der Waals surface area contributed by atoms with Crippen molar-refractivity contribution in [3.63, 3.8) is 0 Å². The predicted octanol–water partition coefficient (Wildman–Crippen LogP) is 3.78. The summed E-state index contributed by atoms with van der Waals surface area (Å²) < 4.78 is 31.6. The number of nitrogens with zero attached hydrogens (tertiary/aromatic N) is 1. The molecule has 21 heavy (non-hydrogen) atoms. The lowest BCUT2D eigenvalue weighted by atomic mass is 10.2. The third kappa shape index (κ3) is 4.98. The van der Waals surface area contributed by atoms with E-state index in [9.17, 15) is 8.42 Å². The Morgan fingerprint density at radius 1 is 1.24 bits per heavy atom. The monoisotopic (exact) mass is 373 g/mol. The number of rotatable bonds is 7. The third-order valence-electron chi connectivity index (χ3n) is 2.79. The second kappa shape index (κ2) is 7.99. The molecule has 0 saturated carbocycles. The Labute approximate surface area is 141 Å². The lowest BCUT2D eigenvalue weighted by Gasteiger charge is -2.19. The molecule has 0 aliphatic rings. The van der Waals surface area contributed by atoms with Crippen LogP contribution in [0.4, 0.5) is 0 Å². The van der Waals surface area contributed by atoms with Crippen molar-refractivity contribution < 1.29 is 13.2 Å². The third-order valence-corrected chi connectivity index (χ3v) is 5.75. The lowest BCUT2D eigenvalue weighted by Crippen LogP contribution is -2.31. The van der Waals surface area contributed by atoms with Crippen molar-refractivity contribution in [2.45, 2.75) is 30.7 Å². The van der Waals surface area contributed by atoms with E-state index >= 15 is 0 Å². The van der Waals surface area contributed by atoms with Crippen molar-refractivity contribution in [3.8, 4) is 0 Å². The van der Waals surface area contributed by atoms with Gasteiger partial charge in [-0.1, -0.05) is 23.2 Å². The predicted molar refractivity (Wildman–Crippen MR) is 86.9 cm³/mol. The van der Waals surface area contributed by atoms with E-state index in [1.54, 1.807) is 0 Å². The first-order chi connectivity index (χ1) is 9.70. The zero-order valence-electron chi connectivity index (χ0n) is 12.1. The first-order valence-electron chi connectivity index (χ1n) is 6.32. The highest BCUT2D eigenvalue weighted by molar-refractivity contribution is 7.89. The molecule has 120 valence electrons. The molecule has 0 aliphatic heterocycles. The molecule has 0 aliphatic carbocycles. The van der Waals surface area contributed by atoms with Gasteiger partial charge < -0.3 is 4.74 Å². The first kappa shape index (κ1) is 19.0. The highest BCUT2D eigenvalue weighted by Gasteiger charge is 2.24. The summed E-state index contributed by atoms with van der Waals surface area (Å²) in [7, 11) is -2.24. The Kier molecular flexibility index (Phi) is 7.24. The van der Waals surface area contributed by atoms with Gasteiger partial charge in [-0.15, -0.1) is 11.6 Å². The highest BCUT2D eigenvalue weighted by Crippen LogP contribution is 2.31. The number of sulfonamides is 1. The molecule has 0 fully saturated rings. The summed E-state index contributed by atoms with van der Waals surface area (Å²) in [6.07, 6.45) is 0.0445. The summed E-state index contributed by atoms with van der Waals surface area (Å²) in [5.74, 6) is 0.110. The molecule has 0 radical (unpaired) electrons. The number of hydrogen-bond donors (Lipinski definition) is 0. The molecular formula is C13H18Cl3NO3S. The van der Waals surface area contributed by atoms with Crippen LogP contribution >= 0.6 is 34.8 Å². The van der Waals surface area contributed by atoms with Crippen molar-refractivity contribution in [3.05, 3.63) is 27.7 Å². The quantitative estimate of drug-likeness (QED) is 0.682. The van der Waals surface area contributed by atoms with Crippen molar-refractivity contribution in [1.29, 1.82) is 0 Å². The molecule has 4 nitrogen and oxygen atoms in total. The molecule has 0 amide bonds. The summed E-state index contributed by atoms with van der Waals surface area (Å²) in [5, 5.41) is 0.422. The SMILES string of the molecule is CC(C)OCCN(C)S(=O)(=O)c1cc(CCl)c(Cl)cc1Cl. The Balaban J connectivity index is 3.02. The maximum absolute atomic E-state index is 12.5. The summed E-state index contributed by atoms with van der Waals surface area (Å²) in [5.41, 5.74) is 0.521. The average Bonchev–Trinajstić information content (AvgIpc) is 2.37. The number of benzene rings is 1. The van der Waals surface area contributed by atoms with E-state index < -0.39 is 10.0 Å². The van der Waals surface area contributed by atoms with Crippen LogP contribution in [0.2, 0.25) is 10.0 Å². The minimum absolute atomic E-state index is 0.00346. The van der Waals surface area contributed by atoms with Gasteiger partial charge in [0.2, 0.25) is 10.0 Å². The van der Waals surface area contributed by atoms with Gasteiger partial charge in [0.05, 0.1) is 17.7 Å². The van der Waals surface area contributed by atoms with Crippen molar-refractivity contribution >= 4 is 44.8 Å². The topological polar surface area (TPSA) is 46.6 Å². The molecule has 0 saturated heterocycles. The van der Waals surface area contributed by atoms with Gasteiger partial charge in [0, 0.05) is 24.5 Å². The Bertz CT molecular complexity index is 591.